The molecule has 0 bridgehead atoms. The maximum atomic E-state index is 12.9. The molecule has 0 atom stereocenters. The minimum atomic E-state index is -3.72. The SMILES string of the molecule is COC(=O)c1cc(S(=O)(=O)N2CCC(N(C)CC(=O)O)CC2)ccc1C. The molecule has 1 aliphatic heterocycles. The van der Waals surface area contributed by atoms with Crippen molar-refractivity contribution in [2.75, 3.05) is 33.8 Å². The van der Waals surface area contributed by atoms with Crippen LogP contribution in [0.2, 0.25) is 0 Å². The van der Waals surface area contributed by atoms with Crippen LogP contribution >= 0.6 is 0 Å². The first-order valence-corrected chi connectivity index (χ1v) is 9.72. The molecule has 0 spiro atoms. The van der Waals surface area contributed by atoms with Crippen molar-refractivity contribution in [1.29, 1.82) is 0 Å². The molecule has 1 heterocycles. The van der Waals surface area contributed by atoms with Crippen molar-refractivity contribution in [3.63, 3.8) is 0 Å². The standard InChI is InChI=1S/C17H24N2O6S/c1-12-4-5-14(10-15(12)17(22)25-3)26(23,24)19-8-6-13(7-9-19)18(2)11-16(20)21/h4-5,10,13H,6-9,11H2,1-3H3,(H,20,21). The summed E-state index contributed by atoms with van der Waals surface area (Å²) in [6.07, 6.45) is 1.11. The first-order chi connectivity index (χ1) is 12.2. The van der Waals surface area contributed by atoms with Crippen LogP contribution in [0.4, 0.5) is 0 Å². The van der Waals surface area contributed by atoms with E-state index >= 15 is 0 Å². The lowest BCUT2D eigenvalue weighted by Gasteiger charge is -2.35. The Morgan fingerprint density at radius 1 is 1.31 bits per heavy atom. The number of methoxy groups -OCH3 is 1. The summed E-state index contributed by atoms with van der Waals surface area (Å²) in [4.78, 5) is 24.4. The van der Waals surface area contributed by atoms with Crippen molar-refractivity contribution < 1.29 is 27.9 Å². The Kier molecular flexibility index (Phi) is 6.38. The van der Waals surface area contributed by atoms with Crippen LogP contribution in [-0.4, -0.2) is 74.5 Å². The highest BCUT2D eigenvalue weighted by atomic mass is 32.2. The molecule has 8 nitrogen and oxygen atoms in total. The summed E-state index contributed by atoms with van der Waals surface area (Å²) < 4.78 is 31.8. The lowest BCUT2D eigenvalue weighted by Crippen LogP contribution is -2.46. The molecule has 144 valence electrons. The van der Waals surface area contributed by atoms with Crippen LogP contribution in [0.3, 0.4) is 0 Å². The predicted octanol–water partition coefficient (Wildman–Crippen LogP) is 0.951. The van der Waals surface area contributed by atoms with Gasteiger partial charge in [-0.2, -0.15) is 4.31 Å². The fourth-order valence-electron chi connectivity index (χ4n) is 3.11. The monoisotopic (exact) mass is 384 g/mol. The van der Waals surface area contributed by atoms with E-state index in [9.17, 15) is 18.0 Å². The van der Waals surface area contributed by atoms with Gasteiger partial charge in [0.1, 0.15) is 0 Å². The Morgan fingerprint density at radius 2 is 1.92 bits per heavy atom. The molecule has 26 heavy (non-hydrogen) atoms. The third kappa shape index (κ3) is 4.40. The second-order valence-corrected chi connectivity index (χ2v) is 8.35. The van der Waals surface area contributed by atoms with E-state index in [1.807, 2.05) is 0 Å². The van der Waals surface area contributed by atoms with E-state index in [1.54, 1.807) is 24.9 Å². The molecule has 0 amide bonds. The van der Waals surface area contributed by atoms with Gasteiger partial charge in [-0.05, 0) is 44.5 Å². The maximum Gasteiger partial charge on any atom is 0.338 e. The molecule has 0 saturated carbocycles. The summed E-state index contributed by atoms with van der Waals surface area (Å²) in [5.41, 5.74) is 0.870. The Labute approximate surface area is 153 Å². The van der Waals surface area contributed by atoms with Crippen LogP contribution < -0.4 is 0 Å². The molecule has 2 rings (SSSR count). The molecule has 1 aromatic rings. The molecule has 1 aromatic carbocycles. The number of nitrogens with zero attached hydrogens (tertiary/aromatic N) is 2. The zero-order valence-electron chi connectivity index (χ0n) is 15.1. The normalized spacial score (nSPS) is 16.6. The Morgan fingerprint density at radius 3 is 2.46 bits per heavy atom. The van der Waals surface area contributed by atoms with Gasteiger partial charge in [0.25, 0.3) is 0 Å². The van der Waals surface area contributed by atoms with Crippen molar-refractivity contribution in [3.8, 4) is 0 Å². The van der Waals surface area contributed by atoms with Crippen molar-refractivity contribution >= 4 is 22.0 Å². The molecule has 1 saturated heterocycles. The van der Waals surface area contributed by atoms with Crippen molar-refractivity contribution in [2.45, 2.75) is 30.7 Å². The zero-order valence-corrected chi connectivity index (χ0v) is 16.0. The number of piperidine rings is 1. The number of carboxylic acid groups (broad SMARTS) is 1. The number of ether oxygens (including phenoxy) is 1. The summed E-state index contributed by atoms with van der Waals surface area (Å²) in [5.74, 6) is -1.48. The number of rotatable bonds is 6. The molecule has 1 N–H and O–H groups in total. The number of carbonyl (C=O) groups excluding carboxylic acids is 1. The number of sulfonamides is 1. The van der Waals surface area contributed by atoms with E-state index in [1.165, 1.54) is 23.5 Å². The summed E-state index contributed by atoms with van der Waals surface area (Å²) in [6, 6.07) is 4.45. The smallest absolute Gasteiger partial charge is 0.338 e. The minimum absolute atomic E-state index is 0.0289. The number of aryl methyl sites for hydroxylation is 1. The number of carboxylic acids is 1. The number of carbonyl (C=O) groups is 2. The van der Waals surface area contributed by atoms with Gasteiger partial charge in [-0.15, -0.1) is 0 Å². The molecule has 0 unspecified atom stereocenters. The summed E-state index contributed by atoms with van der Waals surface area (Å²) in [7, 11) is -0.745. The molecule has 0 aliphatic carbocycles. The zero-order chi connectivity index (χ0) is 19.5. The highest BCUT2D eigenvalue weighted by Crippen LogP contribution is 2.24. The number of esters is 1. The van der Waals surface area contributed by atoms with Gasteiger partial charge in [0.15, 0.2) is 0 Å². The van der Waals surface area contributed by atoms with Crippen LogP contribution in [0.1, 0.15) is 28.8 Å². The largest absolute Gasteiger partial charge is 0.480 e. The Bertz CT molecular complexity index is 784. The van der Waals surface area contributed by atoms with E-state index < -0.39 is 22.0 Å². The lowest BCUT2D eigenvalue weighted by molar-refractivity contribution is -0.138. The third-order valence-corrected chi connectivity index (χ3v) is 6.58. The number of aliphatic carboxylic acids is 1. The maximum absolute atomic E-state index is 12.9. The molecule has 1 fully saturated rings. The first kappa shape index (κ1) is 20.3. The van der Waals surface area contributed by atoms with E-state index in [0.29, 0.717) is 31.5 Å². The van der Waals surface area contributed by atoms with E-state index in [4.69, 9.17) is 9.84 Å². The van der Waals surface area contributed by atoms with Gasteiger partial charge in [0.2, 0.25) is 10.0 Å². The highest BCUT2D eigenvalue weighted by molar-refractivity contribution is 7.89. The van der Waals surface area contributed by atoms with Crippen LogP contribution in [0, 0.1) is 6.92 Å². The molecular formula is C17H24N2O6S. The van der Waals surface area contributed by atoms with Gasteiger partial charge in [-0.3, -0.25) is 9.69 Å². The van der Waals surface area contributed by atoms with Crippen molar-refractivity contribution in [2.24, 2.45) is 0 Å². The van der Waals surface area contributed by atoms with Crippen molar-refractivity contribution in [3.05, 3.63) is 29.3 Å². The lowest BCUT2D eigenvalue weighted by atomic mass is 10.1. The first-order valence-electron chi connectivity index (χ1n) is 8.28. The quantitative estimate of drug-likeness (QED) is 0.728. The molecular weight excluding hydrogens is 360 g/mol. The second kappa shape index (κ2) is 8.15. The Balaban J connectivity index is 2.15. The fourth-order valence-corrected chi connectivity index (χ4v) is 4.60. The van der Waals surface area contributed by atoms with Gasteiger partial charge < -0.3 is 9.84 Å². The van der Waals surface area contributed by atoms with Crippen LogP contribution in [0.5, 0.6) is 0 Å². The topological polar surface area (TPSA) is 104 Å². The van der Waals surface area contributed by atoms with E-state index in [2.05, 4.69) is 0 Å². The van der Waals surface area contributed by atoms with Crippen LogP contribution in [-0.2, 0) is 19.6 Å². The number of hydrogen-bond donors (Lipinski definition) is 1. The van der Waals surface area contributed by atoms with E-state index in [-0.39, 0.29) is 23.0 Å². The van der Waals surface area contributed by atoms with Crippen LogP contribution in [0.25, 0.3) is 0 Å². The van der Waals surface area contributed by atoms with Gasteiger partial charge in [-0.25, -0.2) is 13.2 Å². The number of hydrogen-bond acceptors (Lipinski definition) is 6. The van der Waals surface area contributed by atoms with Gasteiger partial charge in [-0.1, -0.05) is 6.07 Å². The third-order valence-electron chi connectivity index (χ3n) is 4.68. The predicted molar refractivity (Wildman–Crippen MR) is 94.6 cm³/mol. The number of likely N-dealkylation sites (N-methyl/N-ethyl adjacent to an activating group) is 1. The minimum Gasteiger partial charge on any atom is -0.480 e. The van der Waals surface area contributed by atoms with Crippen LogP contribution in [0.15, 0.2) is 23.1 Å². The fraction of sp³-hybridized carbons (Fsp3) is 0.529. The molecule has 9 heteroatoms. The van der Waals surface area contributed by atoms with E-state index in [0.717, 1.165) is 0 Å². The average Bonchev–Trinajstić information content (AvgIpc) is 2.60. The highest BCUT2D eigenvalue weighted by Gasteiger charge is 2.31. The number of benzene rings is 1. The molecule has 0 aromatic heterocycles. The summed E-state index contributed by atoms with van der Waals surface area (Å²) in [6.45, 7) is 2.25. The summed E-state index contributed by atoms with van der Waals surface area (Å²) >= 11 is 0. The van der Waals surface area contributed by atoms with Gasteiger partial charge in [0, 0.05) is 19.1 Å². The van der Waals surface area contributed by atoms with Gasteiger partial charge in [0.05, 0.1) is 24.1 Å². The summed E-state index contributed by atoms with van der Waals surface area (Å²) in [5, 5.41) is 8.87. The van der Waals surface area contributed by atoms with Crippen molar-refractivity contribution in [1.82, 2.24) is 9.21 Å². The average molecular weight is 384 g/mol. The molecule has 1 aliphatic rings. The molecule has 0 radical (unpaired) electrons. The Hall–Kier alpha value is -1.97. The second-order valence-electron chi connectivity index (χ2n) is 6.41. The van der Waals surface area contributed by atoms with Gasteiger partial charge >= 0.3 is 11.9 Å².